The number of carbonyl (C=O) groups excluding carboxylic acids is 1. The number of carbonyl (C=O) groups is 1. The molecule has 1 aliphatic heterocycles. The molecule has 1 amide bonds. The van der Waals surface area contributed by atoms with E-state index in [1.807, 2.05) is 21.6 Å². The van der Waals surface area contributed by atoms with Gasteiger partial charge in [0, 0.05) is 43.5 Å². The third-order valence-corrected chi connectivity index (χ3v) is 6.74. The van der Waals surface area contributed by atoms with Crippen LogP contribution in [0.2, 0.25) is 0 Å². The molecule has 2 aromatic carbocycles. The summed E-state index contributed by atoms with van der Waals surface area (Å²) < 4.78 is 1.99. The summed E-state index contributed by atoms with van der Waals surface area (Å²) in [5.74, 6) is 0.0960. The average molecular weight is 443 g/mol. The topological polar surface area (TPSA) is 82.2 Å². The summed E-state index contributed by atoms with van der Waals surface area (Å²) in [5, 5.41) is 19.1. The molecule has 4 rings (SSSR count). The number of imidazole rings is 1. The maximum absolute atomic E-state index is 13.0. The van der Waals surface area contributed by atoms with Crippen molar-refractivity contribution in [2.24, 2.45) is 5.41 Å². The minimum absolute atomic E-state index is 0.0960. The van der Waals surface area contributed by atoms with Crippen LogP contribution >= 0.6 is 0 Å². The predicted molar refractivity (Wildman–Crippen MR) is 126 cm³/mol. The van der Waals surface area contributed by atoms with Gasteiger partial charge in [0.15, 0.2) is 0 Å². The molecule has 0 radical (unpaired) electrons. The number of likely N-dealkylation sites (tertiary alicyclic amines) is 1. The Balaban J connectivity index is 1.35. The number of rotatable bonds is 7. The van der Waals surface area contributed by atoms with Crippen molar-refractivity contribution in [3.05, 3.63) is 89.0 Å². The first-order chi connectivity index (χ1) is 16.0. The Morgan fingerprint density at radius 2 is 1.91 bits per heavy atom. The van der Waals surface area contributed by atoms with E-state index >= 15 is 0 Å². The van der Waals surface area contributed by atoms with E-state index in [0.29, 0.717) is 31.6 Å². The van der Waals surface area contributed by atoms with E-state index in [1.165, 1.54) is 11.1 Å². The monoisotopic (exact) mass is 442 g/mol. The number of piperidine rings is 1. The van der Waals surface area contributed by atoms with Gasteiger partial charge in [-0.05, 0) is 49.4 Å². The summed E-state index contributed by atoms with van der Waals surface area (Å²) in [6.45, 7) is 4.16. The second-order valence-corrected chi connectivity index (χ2v) is 9.20. The summed E-state index contributed by atoms with van der Waals surface area (Å²) in [7, 11) is 0. The van der Waals surface area contributed by atoms with Crippen molar-refractivity contribution in [1.29, 1.82) is 5.26 Å². The third-order valence-electron chi connectivity index (χ3n) is 6.74. The number of amides is 1. The number of benzene rings is 2. The Hall–Kier alpha value is -3.43. The lowest BCUT2D eigenvalue weighted by atomic mass is 9.74. The highest BCUT2D eigenvalue weighted by molar-refractivity contribution is 5.78. The molecule has 0 spiro atoms. The van der Waals surface area contributed by atoms with Crippen molar-refractivity contribution < 1.29 is 9.90 Å². The van der Waals surface area contributed by atoms with E-state index in [2.05, 4.69) is 42.2 Å². The number of aromatic nitrogens is 2. The van der Waals surface area contributed by atoms with Gasteiger partial charge in [-0.15, -0.1) is 0 Å². The maximum Gasteiger partial charge on any atom is 0.228 e. The number of hydrogen-bond donors (Lipinski definition) is 1. The van der Waals surface area contributed by atoms with Crippen molar-refractivity contribution in [3.63, 3.8) is 0 Å². The predicted octanol–water partition coefficient (Wildman–Crippen LogP) is 3.50. The smallest absolute Gasteiger partial charge is 0.228 e. The van der Waals surface area contributed by atoms with E-state index in [-0.39, 0.29) is 17.9 Å². The minimum Gasteiger partial charge on any atom is -0.396 e. The van der Waals surface area contributed by atoms with Crippen molar-refractivity contribution in [2.75, 3.05) is 19.7 Å². The molecule has 33 heavy (non-hydrogen) atoms. The lowest BCUT2D eigenvalue weighted by molar-refractivity contribution is -0.133. The number of aryl methyl sites for hydroxylation is 1. The van der Waals surface area contributed by atoms with Gasteiger partial charge < -0.3 is 14.6 Å². The molecule has 1 aromatic heterocycles. The molecule has 6 heteroatoms. The molecular weight excluding hydrogens is 412 g/mol. The zero-order chi connectivity index (χ0) is 23.3. The highest BCUT2D eigenvalue weighted by Gasteiger charge is 2.35. The largest absolute Gasteiger partial charge is 0.396 e. The third kappa shape index (κ3) is 5.50. The minimum atomic E-state index is -0.165. The van der Waals surface area contributed by atoms with Crippen molar-refractivity contribution in [3.8, 4) is 6.07 Å². The summed E-state index contributed by atoms with van der Waals surface area (Å²) >= 11 is 0. The highest BCUT2D eigenvalue weighted by atomic mass is 16.3. The van der Waals surface area contributed by atoms with Gasteiger partial charge in [0.25, 0.3) is 0 Å². The average Bonchev–Trinajstić information content (AvgIpc) is 3.26. The Morgan fingerprint density at radius 1 is 1.15 bits per heavy atom. The number of nitriles is 1. The molecule has 1 N–H and O–H groups in total. The standard InChI is InChI=1S/C27H30N4O2/c1-21-3-2-4-24(13-21)15-27(19-32)9-11-30(12-10-27)26(33)14-25-17-29-20-31(25)18-23-7-5-22(16-28)6-8-23/h2-8,13,17,20,32H,9-12,14-15,18-19H2,1H3. The molecule has 2 heterocycles. The van der Waals surface area contributed by atoms with Gasteiger partial charge in [-0.25, -0.2) is 4.98 Å². The van der Waals surface area contributed by atoms with E-state index in [0.717, 1.165) is 30.5 Å². The molecule has 0 aliphatic carbocycles. The van der Waals surface area contributed by atoms with E-state index in [1.54, 1.807) is 24.7 Å². The molecule has 1 saturated heterocycles. The number of hydrogen-bond acceptors (Lipinski definition) is 4. The fourth-order valence-corrected chi connectivity index (χ4v) is 4.66. The molecule has 6 nitrogen and oxygen atoms in total. The lowest BCUT2D eigenvalue weighted by Gasteiger charge is -2.41. The molecule has 1 fully saturated rings. The zero-order valence-corrected chi connectivity index (χ0v) is 19.1. The molecule has 3 aromatic rings. The molecular formula is C27H30N4O2. The lowest BCUT2D eigenvalue weighted by Crippen LogP contribution is -2.46. The van der Waals surface area contributed by atoms with Gasteiger partial charge in [0.05, 0.1) is 24.4 Å². The number of aliphatic hydroxyl groups is 1. The number of nitrogens with zero attached hydrogens (tertiary/aromatic N) is 4. The second kappa shape index (κ2) is 10.0. The first-order valence-electron chi connectivity index (χ1n) is 11.4. The normalized spacial score (nSPS) is 15.2. The Labute approximate surface area is 195 Å². The van der Waals surface area contributed by atoms with Gasteiger partial charge >= 0.3 is 0 Å². The van der Waals surface area contributed by atoms with Gasteiger partial charge in [0.1, 0.15) is 0 Å². The van der Waals surface area contributed by atoms with Crippen LogP contribution in [0.5, 0.6) is 0 Å². The molecule has 0 bridgehead atoms. The quantitative estimate of drug-likeness (QED) is 0.607. The maximum atomic E-state index is 13.0. The molecule has 170 valence electrons. The SMILES string of the molecule is Cc1cccc(CC2(CO)CCN(C(=O)Cc3cncn3Cc3ccc(C#N)cc3)CC2)c1. The molecule has 1 aliphatic rings. The fraction of sp³-hybridized carbons (Fsp3) is 0.370. The zero-order valence-electron chi connectivity index (χ0n) is 19.1. The summed E-state index contributed by atoms with van der Waals surface area (Å²) in [6.07, 6.45) is 6.24. The highest BCUT2D eigenvalue weighted by Crippen LogP contribution is 2.35. The summed E-state index contributed by atoms with van der Waals surface area (Å²) in [5.41, 5.74) is 4.88. The van der Waals surface area contributed by atoms with Gasteiger partial charge in [0.2, 0.25) is 5.91 Å². The van der Waals surface area contributed by atoms with Gasteiger partial charge in [-0.1, -0.05) is 42.0 Å². The second-order valence-electron chi connectivity index (χ2n) is 9.20. The molecule has 0 saturated carbocycles. The van der Waals surface area contributed by atoms with E-state index in [4.69, 9.17) is 5.26 Å². The van der Waals surface area contributed by atoms with Crippen LogP contribution in [0.15, 0.2) is 61.1 Å². The van der Waals surface area contributed by atoms with Gasteiger partial charge in [-0.2, -0.15) is 5.26 Å². The van der Waals surface area contributed by atoms with Crippen LogP contribution in [-0.2, 0) is 24.2 Å². The summed E-state index contributed by atoms with van der Waals surface area (Å²) in [4.78, 5) is 19.2. The van der Waals surface area contributed by atoms with E-state index < -0.39 is 0 Å². The first kappa shape index (κ1) is 22.8. The van der Waals surface area contributed by atoms with Gasteiger partial charge in [-0.3, -0.25) is 4.79 Å². The van der Waals surface area contributed by atoms with Crippen LogP contribution in [0.3, 0.4) is 0 Å². The van der Waals surface area contributed by atoms with Crippen LogP contribution in [-0.4, -0.2) is 45.2 Å². The van der Waals surface area contributed by atoms with Crippen LogP contribution in [0.1, 0.15) is 40.8 Å². The molecule has 0 unspecified atom stereocenters. The van der Waals surface area contributed by atoms with Crippen molar-refractivity contribution >= 4 is 5.91 Å². The molecule has 0 atom stereocenters. The van der Waals surface area contributed by atoms with E-state index in [9.17, 15) is 9.90 Å². The first-order valence-corrected chi connectivity index (χ1v) is 11.4. The van der Waals surface area contributed by atoms with Crippen LogP contribution in [0, 0.1) is 23.7 Å². The van der Waals surface area contributed by atoms with Crippen LogP contribution < -0.4 is 0 Å². The van der Waals surface area contributed by atoms with Crippen LogP contribution in [0.25, 0.3) is 0 Å². The van der Waals surface area contributed by atoms with Crippen molar-refractivity contribution in [1.82, 2.24) is 14.5 Å². The Morgan fingerprint density at radius 3 is 2.58 bits per heavy atom. The Bertz CT molecular complexity index is 1140. The Kier molecular flexibility index (Phi) is 6.90. The van der Waals surface area contributed by atoms with Crippen molar-refractivity contribution in [2.45, 2.75) is 39.2 Å². The number of aliphatic hydroxyl groups excluding tert-OH is 1. The fourth-order valence-electron chi connectivity index (χ4n) is 4.66. The summed E-state index contributed by atoms with van der Waals surface area (Å²) in [6, 6.07) is 18.0. The van der Waals surface area contributed by atoms with Crippen LogP contribution in [0.4, 0.5) is 0 Å².